The predicted molar refractivity (Wildman–Crippen MR) is 40.8 cm³/mol. The summed E-state index contributed by atoms with van der Waals surface area (Å²) >= 11 is 11.2. The topological polar surface area (TPSA) is 43.1 Å². The second-order valence-electron chi connectivity index (χ2n) is 1.88. The van der Waals surface area contributed by atoms with Crippen molar-refractivity contribution in [2.24, 2.45) is 0 Å². The number of nitrogens with zero attached hydrogens (tertiary/aromatic N) is 4. The summed E-state index contributed by atoms with van der Waals surface area (Å²) in [5.41, 5.74) is 0.649. The normalized spacial score (nSPS) is 10.7. The first-order valence-corrected chi connectivity index (χ1v) is 3.56. The molecule has 11 heavy (non-hydrogen) atoms. The van der Waals surface area contributed by atoms with E-state index in [-0.39, 0.29) is 5.28 Å². The monoisotopic (exact) mass is 188 g/mol. The molecule has 2 heterocycles. The lowest BCUT2D eigenvalue weighted by atomic mass is 10.6. The molecular weight excluding hydrogens is 187 g/mol. The van der Waals surface area contributed by atoms with Crippen molar-refractivity contribution in [2.75, 3.05) is 0 Å². The molecule has 0 bridgehead atoms. The van der Waals surface area contributed by atoms with Gasteiger partial charge in [0.2, 0.25) is 5.28 Å². The zero-order valence-corrected chi connectivity index (χ0v) is 6.71. The van der Waals surface area contributed by atoms with Crippen molar-refractivity contribution in [3.8, 4) is 0 Å². The van der Waals surface area contributed by atoms with Gasteiger partial charge in [0.25, 0.3) is 0 Å². The first-order valence-electron chi connectivity index (χ1n) is 2.80. The number of fused-ring (bicyclic) bond motifs is 1. The van der Waals surface area contributed by atoms with Gasteiger partial charge in [0.05, 0.1) is 6.20 Å². The van der Waals surface area contributed by atoms with Crippen LogP contribution in [0.3, 0.4) is 0 Å². The van der Waals surface area contributed by atoms with Gasteiger partial charge in [0.1, 0.15) is 5.52 Å². The van der Waals surface area contributed by atoms with E-state index in [2.05, 4.69) is 15.2 Å². The van der Waals surface area contributed by atoms with E-state index in [1.807, 2.05) is 0 Å². The molecule has 0 fully saturated rings. The number of aromatic nitrogens is 4. The molecule has 0 aliphatic heterocycles. The van der Waals surface area contributed by atoms with Gasteiger partial charge < -0.3 is 0 Å². The van der Waals surface area contributed by atoms with E-state index < -0.39 is 0 Å². The van der Waals surface area contributed by atoms with E-state index in [0.29, 0.717) is 10.7 Å². The van der Waals surface area contributed by atoms with Gasteiger partial charge in [0.15, 0.2) is 5.15 Å². The Labute approximate surface area is 71.8 Å². The molecule has 2 aromatic heterocycles. The van der Waals surface area contributed by atoms with Crippen LogP contribution < -0.4 is 0 Å². The Kier molecular flexibility index (Phi) is 1.44. The molecule has 0 aliphatic carbocycles. The highest BCUT2D eigenvalue weighted by atomic mass is 35.5. The molecule has 56 valence electrons. The molecule has 2 aromatic rings. The molecule has 0 N–H and O–H groups in total. The maximum Gasteiger partial charge on any atom is 0.244 e. The fourth-order valence-electron chi connectivity index (χ4n) is 0.766. The van der Waals surface area contributed by atoms with Crippen molar-refractivity contribution in [3.05, 3.63) is 22.7 Å². The Bertz CT molecular complexity index is 396. The Hall–Kier alpha value is -0.870. The van der Waals surface area contributed by atoms with Crippen LogP contribution in [-0.2, 0) is 0 Å². The molecule has 0 saturated heterocycles. The van der Waals surface area contributed by atoms with Crippen molar-refractivity contribution in [1.82, 2.24) is 19.8 Å². The minimum absolute atomic E-state index is 0.0891. The van der Waals surface area contributed by atoms with E-state index in [0.717, 1.165) is 0 Å². The molecule has 0 atom stereocenters. The summed E-state index contributed by atoms with van der Waals surface area (Å²) in [6.07, 6.45) is 1.58. The maximum absolute atomic E-state index is 5.71. The molecule has 0 amide bonds. The Morgan fingerprint density at radius 1 is 1.36 bits per heavy atom. The summed E-state index contributed by atoms with van der Waals surface area (Å²) in [4.78, 5) is 3.73. The van der Waals surface area contributed by atoms with Crippen LogP contribution in [0.15, 0.2) is 12.3 Å². The van der Waals surface area contributed by atoms with Crippen LogP contribution in [0, 0.1) is 0 Å². The molecule has 0 aromatic carbocycles. The average molecular weight is 189 g/mol. The highest BCUT2D eigenvalue weighted by Gasteiger charge is 2.03. The second-order valence-corrected chi connectivity index (χ2v) is 2.57. The molecule has 0 saturated carbocycles. The van der Waals surface area contributed by atoms with Crippen molar-refractivity contribution in [1.29, 1.82) is 0 Å². The zero-order valence-electron chi connectivity index (χ0n) is 5.20. The van der Waals surface area contributed by atoms with E-state index in [4.69, 9.17) is 23.2 Å². The third-order valence-corrected chi connectivity index (χ3v) is 1.64. The van der Waals surface area contributed by atoms with Crippen LogP contribution >= 0.6 is 23.2 Å². The van der Waals surface area contributed by atoms with Crippen LogP contribution in [-0.4, -0.2) is 19.8 Å². The zero-order chi connectivity index (χ0) is 7.84. The van der Waals surface area contributed by atoms with Crippen LogP contribution in [0.5, 0.6) is 0 Å². The van der Waals surface area contributed by atoms with Crippen LogP contribution in [0.4, 0.5) is 0 Å². The second kappa shape index (κ2) is 2.32. The Balaban J connectivity index is 2.91. The summed E-state index contributed by atoms with van der Waals surface area (Å²) in [7, 11) is 0. The van der Waals surface area contributed by atoms with E-state index in [1.165, 1.54) is 4.63 Å². The van der Waals surface area contributed by atoms with Crippen molar-refractivity contribution >= 4 is 28.7 Å². The van der Waals surface area contributed by atoms with Crippen LogP contribution in [0.25, 0.3) is 5.52 Å². The number of rotatable bonds is 0. The standard InChI is InChI=1S/C5H2Cl2N4/c6-4-3-1-2-8-11(3)10-5(7)9-4/h1-2H. The lowest BCUT2D eigenvalue weighted by molar-refractivity contribution is 0.782. The van der Waals surface area contributed by atoms with Gasteiger partial charge in [-0.25, -0.2) is 4.98 Å². The SMILES string of the molecule is Clc1nc(Cl)c2ccnn2n1. The minimum Gasteiger partial charge on any atom is -0.202 e. The number of hydrogen-bond acceptors (Lipinski definition) is 3. The van der Waals surface area contributed by atoms with Gasteiger partial charge in [-0.3, -0.25) is 0 Å². The first kappa shape index (κ1) is 6.82. The average Bonchev–Trinajstić information content (AvgIpc) is 2.34. The molecule has 0 radical (unpaired) electrons. The lowest BCUT2D eigenvalue weighted by Gasteiger charge is -1.93. The maximum atomic E-state index is 5.71. The van der Waals surface area contributed by atoms with Gasteiger partial charge in [-0.2, -0.15) is 5.10 Å². The van der Waals surface area contributed by atoms with Gasteiger partial charge in [-0.1, -0.05) is 11.6 Å². The smallest absolute Gasteiger partial charge is 0.202 e. The molecule has 6 heteroatoms. The third kappa shape index (κ3) is 1.04. The van der Waals surface area contributed by atoms with Crippen molar-refractivity contribution in [3.63, 3.8) is 0 Å². The highest BCUT2D eigenvalue weighted by molar-refractivity contribution is 6.34. The molecule has 0 spiro atoms. The fraction of sp³-hybridized carbons (Fsp3) is 0. The van der Waals surface area contributed by atoms with Crippen LogP contribution in [0.1, 0.15) is 0 Å². The largest absolute Gasteiger partial charge is 0.244 e. The molecular formula is C5H2Cl2N4. The van der Waals surface area contributed by atoms with Crippen molar-refractivity contribution < 1.29 is 0 Å². The molecule has 0 aliphatic rings. The number of hydrogen-bond donors (Lipinski definition) is 0. The van der Waals surface area contributed by atoms with Gasteiger partial charge in [-0.05, 0) is 17.7 Å². The summed E-state index contributed by atoms with van der Waals surface area (Å²) in [5.74, 6) is 0. The summed E-state index contributed by atoms with van der Waals surface area (Å²) in [5, 5.41) is 8.01. The molecule has 4 nitrogen and oxygen atoms in total. The van der Waals surface area contributed by atoms with Gasteiger partial charge in [-0.15, -0.1) is 9.73 Å². The lowest BCUT2D eigenvalue weighted by Crippen LogP contribution is -1.96. The molecule has 0 unspecified atom stereocenters. The van der Waals surface area contributed by atoms with E-state index >= 15 is 0 Å². The predicted octanol–water partition coefficient (Wildman–Crippen LogP) is 1.43. The fourth-order valence-corrected chi connectivity index (χ4v) is 1.18. The number of halogens is 2. The summed E-state index contributed by atoms with van der Waals surface area (Å²) in [6, 6.07) is 1.71. The van der Waals surface area contributed by atoms with Crippen molar-refractivity contribution in [2.45, 2.75) is 0 Å². The Morgan fingerprint density at radius 3 is 3.00 bits per heavy atom. The van der Waals surface area contributed by atoms with Gasteiger partial charge in [0, 0.05) is 0 Å². The minimum atomic E-state index is 0.0891. The van der Waals surface area contributed by atoms with Gasteiger partial charge >= 0.3 is 0 Å². The van der Waals surface area contributed by atoms with E-state index in [1.54, 1.807) is 12.3 Å². The van der Waals surface area contributed by atoms with Crippen LogP contribution in [0.2, 0.25) is 10.4 Å². The van der Waals surface area contributed by atoms with E-state index in [9.17, 15) is 0 Å². The first-order chi connectivity index (χ1) is 5.27. The quantitative estimate of drug-likeness (QED) is 0.629. The summed E-state index contributed by atoms with van der Waals surface area (Å²) in [6.45, 7) is 0. The molecule has 2 rings (SSSR count). The summed E-state index contributed by atoms with van der Waals surface area (Å²) < 4.78 is 1.33. The Morgan fingerprint density at radius 2 is 2.18 bits per heavy atom. The third-order valence-electron chi connectivity index (χ3n) is 1.20. The highest BCUT2D eigenvalue weighted by Crippen LogP contribution is 2.14.